The van der Waals surface area contributed by atoms with Crippen molar-refractivity contribution in [1.82, 2.24) is 20.3 Å². The van der Waals surface area contributed by atoms with E-state index in [4.69, 9.17) is 0 Å². The molecule has 1 aliphatic rings. The second-order valence-corrected chi connectivity index (χ2v) is 6.29. The van der Waals surface area contributed by atoms with Gasteiger partial charge in [-0.1, -0.05) is 6.07 Å². The standard InChI is InChI=1S/C20H16N4O/c25-20-15-11-19(24-17(15)5-8-23-20)14-4-7-22-18(10-14)12-1-2-16-13(9-12)3-6-21-16/h1-4,6-7,9-11,21,24H,5,8H2,(H,23,25). The molecule has 0 atom stereocenters. The molecule has 4 aromatic rings. The van der Waals surface area contributed by atoms with Crippen LogP contribution in [0.2, 0.25) is 0 Å². The lowest BCUT2D eigenvalue weighted by atomic mass is 10.1. The number of fused-ring (bicyclic) bond motifs is 2. The molecule has 5 heteroatoms. The number of pyridine rings is 1. The predicted molar refractivity (Wildman–Crippen MR) is 97.4 cm³/mol. The number of nitrogens with zero attached hydrogens (tertiary/aromatic N) is 1. The minimum Gasteiger partial charge on any atom is -0.361 e. The summed E-state index contributed by atoms with van der Waals surface area (Å²) in [6.45, 7) is 0.685. The Morgan fingerprint density at radius 3 is 2.88 bits per heavy atom. The number of hydrogen-bond acceptors (Lipinski definition) is 2. The first-order chi connectivity index (χ1) is 12.3. The molecule has 0 bridgehead atoms. The van der Waals surface area contributed by atoms with E-state index in [9.17, 15) is 4.79 Å². The maximum atomic E-state index is 12.0. The molecule has 4 heterocycles. The number of aromatic nitrogens is 3. The van der Waals surface area contributed by atoms with E-state index in [0.29, 0.717) is 6.54 Å². The molecule has 5 rings (SSSR count). The molecule has 5 nitrogen and oxygen atoms in total. The zero-order valence-corrected chi connectivity index (χ0v) is 13.5. The normalized spacial score (nSPS) is 13.7. The zero-order valence-electron chi connectivity index (χ0n) is 13.5. The molecule has 122 valence electrons. The first-order valence-electron chi connectivity index (χ1n) is 8.32. The summed E-state index contributed by atoms with van der Waals surface area (Å²) in [6, 6.07) is 14.3. The van der Waals surface area contributed by atoms with Gasteiger partial charge in [-0.15, -0.1) is 0 Å². The van der Waals surface area contributed by atoms with E-state index in [2.05, 4.69) is 50.6 Å². The fraction of sp³-hybridized carbons (Fsp3) is 0.100. The monoisotopic (exact) mass is 328 g/mol. The van der Waals surface area contributed by atoms with Gasteiger partial charge in [0.2, 0.25) is 0 Å². The predicted octanol–water partition coefficient (Wildman–Crippen LogP) is 3.51. The van der Waals surface area contributed by atoms with E-state index < -0.39 is 0 Å². The summed E-state index contributed by atoms with van der Waals surface area (Å²) >= 11 is 0. The number of carbonyl (C=O) groups excluding carboxylic acids is 1. The molecule has 3 N–H and O–H groups in total. The summed E-state index contributed by atoms with van der Waals surface area (Å²) in [5.41, 5.74) is 6.83. The van der Waals surface area contributed by atoms with Crippen LogP contribution in [-0.4, -0.2) is 27.4 Å². The van der Waals surface area contributed by atoms with Crippen LogP contribution in [0.3, 0.4) is 0 Å². The number of carbonyl (C=O) groups is 1. The van der Waals surface area contributed by atoms with Gasteiger partial charge >= 0.3 is 0 Å². The van der Waals surface area contributed by atoms with Gasteiger partial charge in [-0.3, -0.25) is 9.78 Å². The number of hydrogen-bond donors (Lipinski definition) is 3. The molecular weight excluding hydrogens is 312 g/mol. The minimum absolute atomic E-state index is 0.00376. The van der Waals surface area contributed by atoms with Gasteiger partial charge in [0, 0.05) is 58.8 Å². The lowest BCUT2D eigenvalue weighted by Gasteiger charge is -2.10. The van der Waals surface area contributed by atoms with Gasteiger partial charge in [0.05, 0.1) is 11.3 Å². The third-order valence-corrected chi connectivity index (χ3v) is 4.72. The van der Waals surface area contributed by atoms with Crippen LogP contribution in [0.25, 0.3) is 33.4 Å². The van der Waals surface area contributed by atoms with Crippen molar-refractivity contribution in [3.63, 3.8) is 0 Å². The lowest BCUT2D eigenvalue weighted by Crippen LogP contribution is -2.31. The number of H-pyrrole nitrogens is 2. The van der Waals surface area contributed by atoms with Crippen LogP contribution in [0.15, 0.2) is 54.9 Å². The topological polar surface area (TPSA) is 73.6 Å². The van der Waals surface area contributed by atoms with Crippen molar-refractivity contribution in [1.29, 1.82) is 0 Å². The van der Waals surface area contributed by atoms with Crippen molar-refractivity contribution in [3.8, 4) is 22.5 Å². The van der Waals surface area contributed by atoms with Crippen molar-refractivity contribution in [2.75, 3.05) is 6.54 Å². The summed E-state index contributed by atoms with van der Waals surface area (Å²) in [5.74, 6) is -0.00376. The Morgan fingerprint density at radius 2 is 1.96 bits per heavy atom. The Balaban J connectivity index is 1.58. The first kappa shape index (κ1) is 14.0. The van der Waals surface area contributed by atoms with Crippen molar-refractivity contribution in [2.24, 2.45) is 0 Å². The van der Waals surface area contributed by atoms with Crippen molar-refractivity contribution >= 4 is 16.8 Å². The number of aromatic amines is 2. The maximum absolute atomic E-state index is 12.0. The molecule has 1 aromatic carbocycles. The second kappa shape index (κ2) is 5.34. The Labute approximate surface area is 144 Å². The SMILES string of the molecule is O=C1NCCc2[nH]c(-c3ccnc(-c4ccc5[nH]ccc5c4)c3)cc21. The van der Waals surface area contributed by atoms with Gasteiger partial charge in [-0.05, 0) is 36.4 Å². The quantitative estimate of drug-likeness (QED) is 0.527. The van der Waals surface area contributed by atoms with Crippen molar-refractivity contribution < 1.29 is 4.79 Å². The average molecular weight is 328 g/mol. The van der Waals surface area contributed by atoms with Gasteiger partial charge in [0.25, 0.3) is 5.91 Å². The fourth-order valence-corrected chi connectivity index (χ4v) is 3.42. The Morgan fingerprint density at radius 1 is 1.00 bits per heavy atom. The van der Waals surface area contributed by atoms with Gasteiger partial charge < -0.3 is 15.3 Å². The van der Waals surface area contributed by atoms with Crippen LogP contribution >= 0.6 is 0 Å². The van der Waals surface area contributed by atoms with Crippen LogP contribution < -0.4 is 5.32 Å². The van der Waals surface area contributed by atoms with E-state index in [1.807, 2.05) is 24.5 Å². The molecule has 0 saturated carbocycles. The summed E-state index contributed by atoms with van der Waals surface area (Å²) in [5, 5.41) is 4.04. The van der Waals surface area contributed by atoms with Crippen LogP contribution in [-0.2, 0) is 6.42 Å². The molecule has 0 saturated heterocycles. The van der Waals surface area contributed by atoms with Crippen LogP contribution in [0.1, 0.15) is 16.1 Å². The number of benzene rings is 1. The Hall–Kier alpha value is -3.34. The summed E-state index contributed by atoms with van der Waals surface area (Å²) < 4.78 is 0. The smallest absolute Gasteiger partial charge is 0.253 e. The molecular formula is C20H16N4O. The highest BCUT2D eigenvalue weighted by Gasteiger charge is 2.20. The van der Waals surface area contributed by atoms with Gasteiger partial charge in [0.1, 0.15) is 0 Å². The fourth-order valence-electron chi connectivity index (χ4n) is 3.42. The molecule has 0 fully saturated rings. The average Bonchev–Trinajstić information content (AvgIpc) is 3.28. The van der Waals surface area contributed by atoms with Gasteiger partial charge in [-0.2, -0.15) is 0 Å². The van der Waals surface area contributed by atoms with E-state index in [-0.39, 0.29) is 5.91 Å². The molecule has 0 unspecified atom stereocenters. The second-order valence-electron chi connectivity index (χ2n) is 6.29. The van der Waals surface area contributed by atoms with E-state index in [1.54, 1.807) is 0 Å². The number of rotatable bonds is 2. The summed E-state index contributed by atoms with van der Waals surface area (Å²) in [6.07, 6.45) is 4.59. The molecule has 1 aliphatic heterocycles. The van der Waals surface area contributed by atoms with E-state index >= 15 is 0 Å². The van der Waals surface area contributed by atoms with Crippen LogP contribution in [0, 0.1) is 0 Å². The molecule has 0 spiro atoms. The molecule has 3 aromatic heterocycles. The molecule has 0 aliphatic carbocycles. The number of nitrogens with one attached hydrogen (secondary N) is 3. The number of amides is 1. The highest BCUT2D eigenvalue weighted by Crippen LogP contribution is 2.28. The summed E-state index contributed by atoms with van der Waals surface area (Å²) in [4.78, 5) is 23.1. The van der Waals surface area contributed by atoms with Crippen molar-refractivity contribution in [2.45, 2.75) is 6.42 Å². The van der Waals surface area contributed by atoms with Gasteiger partial charge in [-0.25, -0.2) is 0 Å². The highest BCUT2D eigenvalue weighted by atomic mass is 16.1. The minimum atomic E-state index is -0.00376. The third kappa shape index (κ3) is 2.32. The van der Waals surface area contributed by atoms with Crippen LogP contribution in [0.5, 0.6) is 0 Å². The van der Waals surface area contributed by atoms with E-state index in [0.717, 1.165) is 51.1 Å². The third-order valence-electron chi connectivity index (χ3n) is 4.72. The molecule has 0 radical (unpaired) electrons. The molecule has 1 amide bonds. The van der Waals surface area contributed by atoms with E-state index in [1.165, 1.54) is 0 Å². The molecule has 25 heavy (non-hydrogen) atoms. The lowest BCUT2D eigenvalue weighted by molar-refractivity contribution is 0.0946. The van der Waals surface area contributed by atoms with Crippen molar-refractivity contribution in [3.05, 3.63) is 66.1 Å². The largest absolute Gasteiger partial charge is 0.361 e. The Kier molecular flexibility index (Phi) is 3.00. The Bertz CT molecular complexity index is 1110. The summed E-state index contributed by atoms with van der Waals surface area (Å²) in [7, 11) is 0. The zero-order chi connectivity index (χ0) is 16.8. The first-order valence-corrected chi connectivity index (χ1v) is 8.32. The van der Waals surface area contributed by atoms with Gasteiger partial charge in [0.15, 0.2) is 0 Å². The highest BCUT2D eigenvalue weighted by molar-refractivity contribution is 5.97. The van der Waals surface area contributed by atoms with Crippen LogP contribution in [0.4, 0.5) is 0 Å². The maximum Gasteiger partial charge on any atom is 0.253 e.